The molecule has 31 heavy (non-hydrogen) atoms. The van der Waals surface area contributed by atoms with Gasteiger partial charge in [-0.1, -0.05) is 0 Å². The summed E-state index contributed by atoms with van der Waals surface area (Å²) >= 11 is 3.84. The minimum absolute atomic E-state index is 0.0559. The Bertz CT molecular complexity index is 703. The molecule has 5 unspecified atom stereocenters. The maximum absolute atomic E-state index is 12.5. The molecule has 0 aromatic heterocycles. The molecule has 0 spiro atoms. The first-order chi connectivity index (χ1) is 14.3. The van der Waals surface area contributed by atoms with E-state index >= 15 is 0 Å². The third-order valence-corrected chi connectivity index (χ3v) is 4.29. The number of rotatable bonds is 14. The molecule has 0 aliphatic carbocycles. The normalized spacial score (nSPS) is 15.5. The first-order valence-electron chi connectivity index (χ1n) is 8.98. The summed E-state index contributed by atoms with van der Waals surface area (Å²) in [5.41, 5.74) is 10.6. The molecule has 0 aromatic rings. The Morgan fingerprint density at radius 1 is 0.935 bits per heavy atom. The topological polar surface area (TPSA) is 251 Å². The van der Waals surface area contributed by atoms with Crippen LogP contribution >= 0.6 is 12.6 Å². The maximum Gasteiger partial charge on any atom is 0.326 e. The van der Waals surface area contributed by atoms with Crippen molar-refractivity contribution < 1.29 is 44.1 Å². The predicted molar refractivity (Wildman–Crippen MR) is 108 cm³/mol. The van der Waals surface area contributed by atoms with Gasteiger partial charge in [0.25, 0.3) is 0 Å². The van der Waals surface area contributed by atoms with Crippen LogP contribution in [0, 0.1) is 0 Å². The summed E-state index contributed by atoms with van der Waals surface area (Å²) in [6.45, 7) is 1.17. The number of carbonyl (C=O) groups excluding carboxylic acids is 4. The fourth-order valence-corrected chi connectivity index (χ4v) is 2.38. The third-order valence-electron chi connectivity index (χ3n) is 3.90. The number of thiol groups is 1. The number of aliphatic hydroxyl groups excluding tert-OH is 1. The van der Waals surface area contributed by atoms with E-state index in [4.69, 9.17) is 21.7 Å². The molecule has 5 atom stereocenters. The van der Waals surface area contributed by atoms with Crippen LogP contribution in [0.1, 0.15) is 26.2 Å². The Kier molecular flexibility index (Phi) is 12.1. The van der Waals surface area contributed by atoms with Crippen LogP contribution in [0.25, 0.3) is 0 Å². The Labute approximate surface area is 182 Å². The van der Waals surface area contributed by atoms with E-state index in [1.165, 1.54) is 6.92 Å². The standard InChI is InChI=1S/C16H27N5O9S/c1-6(22)12(21-13(26)7(17)5-31)15(28)20-9(4-10(18)23)14(27)19-8(16(29)30)2-3-11(24)25/h6-9,12,22,31H,2-5,17H2,1H3,(H2,18,23)(H,19,27)(H,20,28)(H,21,26)(H,24,25)(H,29,30). The van der Waals surface area contributed by atoms with Crippen LogP contribution in [0.3, 0.4) is 0 Å². The van der Waals surface area contributed by atoms with Crippen molar-refractivity contribution in [3.05, 3.63) is 0 Å². The molecule has 0 fully saturated rings. The van der Waals surface area contributed by atoms with Crippen molar-refractivity contribution in [2.24, 2.45) is 11.5 Å². The van der Waals surface area contributed by atoms with E-state index in [-0.39, 0.29) is 5.75 Å². The van der Waals surface area contributed by atoms with E-state index in [1.54, 1.807) is 0 Å². The van der Waals surface area contributed by atoms with Crippen molar-refractivity contribution in [3.63, 3.8) is 0 Å². The first kappa shape index (κ1) is 28.1. The Balaban J connectivity index is 5.43. The SMILES string of the molecule is CC(O)C(NC(=O)C(N)CS)C(=O)NC(CC(N)=O)C(=O)NC(CCC(=O)O)C(=O)O. The van der Waals surface area contributed by atoms with E-state index < -0.39 is 85.1 Å². The Morgan fingerprint density at radius 2 is 1.48 bits per heavy atom. The van der Waals surface area contributed by atoms with Gasteiger partial charge in [0.15, 0.2) is 0 Å². The molecule has 176 valence electrons. The summed E-state index contributed by atoms with van der Waals surface area (Å²) in [4.78, 5) is 70.0. The summed E-state index contributed by atoms with van der Waals surface area (Å²) in [5.74, 6) is -6.93. The number of amides is 4. The summed E-state index contributed by atoms with van der Waals surface area (Å²) in [6.07, 6.45) is -3.19. The lowest BCUT2D eigenvalue weighted by molar-refractivity contribution is -0.143. The number of aliphatic hydroxyl groups is 1. The lowest BCUT2D eigenvalue weighted by Crippen LogP contribution is -2.60. The van der Waals surface area contributed by atoms with E-state index in [1.807, 2.05) is 5.32 Å². The van der Waals surface area contributed by atoms with Crippen LogP contribution in [0.15, 0.2) is 0 Å². The zero-order valence-corrected chi connectivity index (χ0v) is 17.5. The number of carboxylic acids is 2. The van der Waals surface area contributed by atoms with Crippen molar-refractivity contribution >= 4 is 48.2 Å². The number of hydrogen-bond donors (Lipinski definition) is 9. The molecule has 0 rings (SSSR count). The molecule has 15 heteroatoms. The van der Waals surface area contributed by atoms with Gasteiger partial charge >= 0.3 is 11.9 Å². The molecule has 4 amide bonds. The van der Waals surface area contributed by atoms with Crippen LogP contribution in [-0.4, -0.2) is 86.9 Å². The van der Waals surface area contributed by atoms with Gasteiger partial charge in [-0.15, -0.1) is 0 Å². The van der Waals surface area contributed by atoms with Gasteiger partial charge in [-0.25, -0.2) is 4.79 Å². The molecule has 0 aromatic carbocycles. The van der Waals surface area contributed by atoms with Gasteiger partial charge in [-0.05, 0) is 13.3 Å². The monoisotopic (exact) mass is 465 g/mol. The average Bonchev–Trinajstić information content (AvgIpc) is 2.66. The highest BCUT2D eigenvalue weighted by Gasteiger charge is 2.33. The van der Waals surface area contributed by atoms with Crippen molar-refractivity contribution in [2.45, 2.75) is 56.5 Å². The first-order valence-corrected chi connectivity index (χ1v) is 9.61. The molecule has 0 heterocycles. The van der Waals surface area contributed by atoms with Gasteiger partial charge in [-0.3, -0.25) is 24.0 Å². The van der Waals surface area contributed by atoms with Gasteiger partial charge in [-0.2, -0.15) is 12.6 Å². The molecule has 0 radical (unpaired) electrons. The molecular formula is C16H27N5O9S. The number of hydrogen-bond acceptors (Lipinski definition) is 9. The number of nitrogens with one attached hydrogen (secondary N) is 3. The second-order valence-electron chi connectivity index (χ2n) is 6.58. The van der Waals surface area contributed by atoms with E-state index in [0.717, 1.165) is 0 Å². The van der Waals surface area contributed by atoms with Crippen molar-refractivity contribution in [3.8, 4) is 0 Å². The van der Waals surface area contributed by atoms with Crippen LogP contribution in [0.5, 0.6) is 0 Å². The Morgan fingerprint density at radius 3 is 1.90 bits per heavy atom. The number of primary amides is 1. The molecule has 14 nitrogen and oxygen atoms in total. The second kappa shape index (κ2) is 13.4. The van der Waals surface area contributed by atoms with E-state index in [0.29, 0.717) is 0 Å². The molecule has 0 saturated carbocycles. The number of nitrogens with two attached hydrogens (primary N) is 2. The van der Waals surface area contributed by atoms with Crippen LogP contribution in [-0.2, 0) is 28.8 Å². The van der Waals surface area contributed by atoms with Crippen LogP contribution < -0.4 is 27.4 Å². The Hall–Kier alpha value is -2.91. The third kappa shape index (κ3) is 10.6. The quantitative estimate of drug-likeness (QED) is 0.112. The minimum atomic E-state index is -1.66. The zero-order valence-electron chi connectivity index (χ0n) is 16.6. The number of carbonyl (C=O) groups is 6. The van der Waals surface area contributed by atoms with Crippen LogP contribution in [0.4, 0.5) is 0 Å². The highest BCUT2D eigenvalue weighted by molar-refractivity contribution is 7.80. The largest absolute Gasteiger partial charge is 0.481 e. The summed E-state index contributed by atoms with van der Waals surface area (Å²) < 4.78 is 0. The smallest absolute Gasteiger partial charge is 0.326 e. The average molecular weight is 465 g/mol. The van der Waals surface area contributed by atoms with E-state index in [2.05, 4.69) is 23.3 Å². The molecule has 0 aliphatic heterocycles. The highest BCUT2D eigenvalue weighted by atomic mass is 32.1. The summed E-state index contributed by atoms with van der Waals surface area (Å²) in [6, 6.07) is -5.93. The van der Waals surface area contributed by atoms with Gasteiger partial charge in [0.1, 0.15) is 18.1 Å². The second-order valence-corrected chi connectivity index (χ2v) is 6.94. The molecule has 0 saturated heterocycles. The fraction of sp³-hybridized carbons (Fsp3) is 0.625. The molecule has 0 aliphatic rings. The van der Waals surface area contributed by atoms with Crippen molar-refractivity contribution in [1.29, 1.82) is 0 Å². The maximum atomic E-state index is 12.5. The summed E-state index contributed by atoms with van der Waals surface area (Å²) in [7, 11) is 0. The van der Waals surface area contributed by atoms with E-state index in [9.17, 15) is 33.9 Å². The minimum Gasteiger partial charge on any atom is -0.481 e. The van der Waals surface area contributed by atoms with Crippen molar-refractivity contribution in [1.82, 2.24) is 16.0 Å². The zero-order chi connectivity index (χ0) is 24.3. The lowest BCUT2D eigenvalue weighted by Gasteiger charge is -2.25. The number of carboxylic acid groups (broad SMARTS) is 2. The lowest BCUT2D eigenvalue weighted by atomic mass is 10.1. The highest BCUT2D eigenvalue weighted by Crippen LogP contribution is 2.03. The number of aliphatic carboxylic acids is 2. The summed E-state index contributed by atoms with van der Waals surface area (Å²) in [5, 5.41) is 33.9. The van der Waals surface area contributed by atoms with Crippen molar-refractivity contribution in [2.75, 3.05) is 5.75 Å². The molecular weight excluding hydrogens is 438 g/mol. The predicted octanol–water partition coefficient (Wildman–Crippen LogP) is -4.10. The van der Waals surface area contributed by atoms with Gasteiger partial charge in [0.05, 0.1) is 18.6 Å². The van der Waals surface area contributed by atoms with Gasteiger partial charge < -0.3 is 42.7 Å². The molecule has 10 N–H and O–H groups in total. The van der Waals surface area contributed by atoms with Crippen LogP contribution in [0.2, 0.25) is 0 Å². The molecule has 0 bridgehead atoms. The van der Waals surface area contributed by atoms with Gasteiger partial charge in [0.2, 0.25) is 23.6 Å². The van der Waals surface area contributed by atoms with Gasteiger partial charge in [0, 0.05) is 12.2 Å². The fourth-order valence-electron chi connectivity index (χ4n) is 2.22.